The average molecular weight is 967 g/mol. The summed E-state index contributed by atoms with van der Waals surface area (Å²) in [6.45, 7) is 6.97. The van der Waals surface area contributed by atoms with Crippen molar-refractivity contribution in [3.05, 3.63) is 113 Å². The monoisotopic (exact) mass is 962 g/mol. The van der Waals surface area contributed by atoms with Gasteiger partial charge in [-0.05, 0) is 112 Å². The summed E-state index contributed by atoms with van der Waals surface area (Å²) in [6, 6.07) is 26.6. The number of halogens is 5. The molecule has 0 aliphatic heterocycles. The average Bonchev–Trinajstić information content (AvgIpc) is 3.54. The zero-order chi connectivity index (χ0) is 34.5. The lowest BCUT2D eigenvalue weighted by molar-refractivity contribution is 0.480. The molecule has 0 amide bonds. The van der Waals surface area contributed by atoms with Crippen molar-refractivity contribution < 1.29 is 0 Å². The largest absolute Gasteiger partial charge is 0.0928 e. The van der Waals surface area contributed by atoms with Crippen molar-refractivity contribution in [2.24, 2.45) is 0 Å². The maximum absolute atomic E-state index is 3.68. The fraction of sp³-hybridized carbons (Fsp3) is 0.442. The van der Waals surface area contributed by atoms with Gasteiger partial charge in [-0.1, -0.05) is 195 Å². The minimum absolute atomic E-state index is 0.128. The Kier molecular flexibility index (Phi) is 17.0. The second kappa shape index (κ2) is 20.4. The van der Waals surface area contributed by atoms with Gasteiger partial charge < -0.3 is 0 Å². The SMILES string of the molecule is Brc1ccc2c(c1)Cc1cc(Br)ccc1-2.CCCCCCCCBr.CCCCCCCCC1(C)c2cc(Br)ccc2-c2ccc(Br)cc21. The molecule has 0 spiro atoms. The Balaban J connectivity index is 0.000000184. The summed E-state index contributed by atoms with van der Waals surface area (Å²) in [5.74, 6) is 0. The van der Waals surface area contributed by atoms with E-state index in [2.05, 4.69) is 173 Å². The van der Waals surface area contributed by atoms with E-state index in [1.54, 1.807) is 0 Å². The van der Waals surface area contributed by atoms with E-state index in [0.717, 1.165) is 15.4 Å². The molecule has 0 saturated heterocycles. The molecular weight excluding hydrogens is 916 g/mol. The molecule has 0 heterocycles. The summed E-state index contributed by atoms with van der Waals surface area (Å²) < 4.78 is 4.69. The summed E-state index contributed by atoms with van der Waals surface area (Å²) in [7, 11) is 0. The van der Waals surface area contributed by atoms with Gasteiger partial charge in [0.1, 0.15) is 0 Å². The van der Waals surface area contributed by atoms with Crippen LogP contribution in [0.15, 0.2) is 90.7 Å². The van der Waals surface area contributed by atoms with Crippen LogP contribution in [0.2, 0.25) is 0 Å². The van der Waals surface area contributed by atoms with Gasteiger partial charge in [-0.25, -0.2) is 0 Å². The third-order valence-electron chi connectivity index (χ3n) is 9.77. The highest BCUT2D eigenvalue weighted by Gasteiger charge is 2.39. The summed E-state index contributed by atoms with van der Waals surface area (Å²) in [4.78, 5) is 0. The van der Waals surface area contributed by atoms with Crippen molar-refractivity contribution in [3.63, 3.8) is 0 Å². The van der Waals surface area contributed by atoms with Crippen LogP contribution in [0.1, 0.15) is 126 Å². The molecule has 0 aromatic heterocycles. The first-order valence-corrected chi connectivity index (χ1v) is 22.2. The highest BCUT2D eigenvalue weighted by molar-refractivity contribution is 9.11. The molecule has 0 saturated carbocycles. The van der Waals surface area contributed by atoms with Crippen molar-refractivity contribution in [2.45, 2.75) is 116 Å². The van der Waals surface area contributed by atoms with E-state index in [1.165, 1.54) is 142 Å². The van der Waals surface area contributed by atoms with Crippen LogP contribution in [0, 0.1) is 0 Å². The van der Waals surface area contributed by atoms with Crippen LogP contribution in [0.25, 0.3) is 22.3 Å². The van der Waals surface area contributed by atoms with E-state index in [-0.39, 0.29) is 5.41 Å². The summed E-state index contributed by atoms with van der Waals surface area (Å²) >= 11 is 17.8. The topological polar surface area (TPSA) is 0 Å². The van der Waals surface area contributed by atoms with Crippen LogP contribution in [0.3, 0.4) is 0 Å². The van der Waals surface area contributed by atoms with Gasteiger partial charge in [0.15, 0.2) is 0 Å². The number of alkyl halides is 1. The molecule has 258 valence electrons. The van der Waals surface area contributed by atoms with Crippen LogP contribution in [0.4, 0.5) is 0 Å². The van der Waals surface area contributed by atoms with Crippen LogP contribution in [-0.4, -0.2) is 5.33 Å². The normalized spacial score (nSPS) is 13.0. The minimum Gasteiger partial charge on any atom is -0.0928 e. The van der Waals surface area contributed by atoms with Gasteiger partial charge in [0.2, 0.25) is 0 Å². The quantitative estimate of drug-likeness (QED) is 0.0815. The number of fused-ring (bicyclic) bond motifs is 6. The zero-order valence-corrected chi connectivity index (χ0v) is 36.9. The first-order valence-electron chi connectivity index (χ1n) is 18.0. The van der Waals surface area contributed by atoms with E-state index >= 15 is 0 Å². The Hall–Kier alpha value is -0.720. The van der Waals surface area contributed by atoms with Crippen LogP contribution < -0.4 is 0 Å². The third-order valence-corrected chi connectivity index (χ3v) is 12.3. The van der Waals surface area contributed by atoms with Crippen molar-refractivity contribution in [1.29, 1.82) is 0 Å². The van der Waals surface area contributed by atoms with Gasteiger partial charge in [0, 0.05) is 28.6 Å². The number of unbranched alkanes of at least 4 members (excludes halogenated alkanes) is 10. The van der Waals surface area contributed by atoms with Crippen LogP contribution >= 0.6 is 79.6 Å². The van der Waals surface area contributed by atoms with Gasteiger partial charge in [-0.15, -0.1) is 0 Å². The highest BCUT2D eigenvalue weighted by Crippen LogP contribution is 2.52. The molecule has 0 unspecified atom stereocenters. The van der Waals surface area contributed by atoms with E-state index in [0.29, 0.717) is 0 Å². The molecule has 0 atom stereocenters. The molecule has 0 N–H and O–H groups in total. The summed E-state index contributed by atoms with van der Waals surface area (Å²) in [5.41, 5.74) is 11.5. The molecule has 0 radical (unpaired) electrons. The number of benzene rings is 4. The van der Waals surface area contributed by atoms with Gasteiger partial charge in [0.25, 0.3) is 0 Å². The molecular formula is C43H51Br5. The van der Waals surface area contributed by atoms with E-state index < -0.39 is 0 Å². The Morgan fingerprint density at radius 1 is 0.479 bits per heavy atom. The highest BCUT2D eigenvalue weighted by atomic mass is 79.9. The number of hydrogen-bond donors (Lipinski definition) is 0. The third kappa shape index (κ3) is 10.9. The lowest BCUT2D eigenvalue weighted by Gasteiger charge is -2.28. The minimum atomic E-state index is 0.128. The summed E-state index contributed by atoms with van der Waals surface area (Å²) in [5, 5.41) is 1.18. The van der Waals surface area contributed by atoms with E-state index in [1.807, 2.05) is 0 Å². The van der Waals surface area contributed by atoms with Gasteiger partial charge in [-0.3, -0.25) is 0 Å². The van der Waals surface area contributed by atoms with Crippen molar-refractivity contribution in [1.82, 2.24) is 0 Å². The smallest absolute Gasteiger partial charge is 0.0187 e. The Bertz CT molecular complexity index is 1500. The van der Waals surface area contributed by atoms with Crippen LogP contribution in [0.5, 0.6) is 0 Å². The predicted octanol–water partition coefficient (Wildman–Crippen LogP) is 16.8. The predicted molar refractivity (Wildman–Crippen MR) is 229 cm³/mol. The molecule has 6 rings (SSSR count). The van der Waals surface area contributed by atoms with Crippen molar-refractivity contribution in [2.75, 3.05) is 5.33 Å². The number of rotatable bonds is 13. The molecule has 4 aromatic carbocycles. The molecule has 2 aliphatic carbocycles. The first-order chi connectivity index (χ1) is 23.2. The molecule has 0 bridgehead atoms. The zero-order valence-electron chi connectivity index (χ0n) is 28.9. The van der Waals surface area contributed by atoms with E-state index in [4.69, 9.17) is 0 Å². The molecule has 2 aliphatic rings. The standard InChI is InChI=1S/C22H26Br2.C13H8Br2.C8H17Br/c1-3-4-5-6-7-8-13-22(2)20-14-16(23)9-11-18(20)19-12-10-17(24)15-21(19)22;14-10-1-3-12-8(6-10)5-9-7-11(15)2-4-13(9)12;1-2-3-4-5-6-7-8-9/h9-12,14-15H,3-8,13H2,1-2H3;1-4,6-7H,5H2;2-8H2,1H3. The maximum atomic E-state index is 3.68. The molecule has 48 heavy (non-hydrogen) atoms. The van der Waals surface area contributed by atoms with Crippen molar-refractivity contribution in [3.8, 4) is 22.3 Å². The Labute approximate surface area is 333 Å². The lowest BCUT2D eigenvalue weighted by Crippen LogP contribution is -2.20. The van der Waals surface area contributed by atoms with E-state index in [9.17, 15) is 0 Å². The molecule has 0 nitrogen and oxygen atoms in total. The maximum Gasteiger partial charge on any atom is 0.0187 e. The fourth-order valence-corrected chi connectivity index (χ4v) is 9.05. The molecule has 0 fully saturated rings. The second-order valence-electron chi connectivity index (χ2n) is 13.5. The Morgan fingerprint density at radius 3 is 1.29 bits per heavy atom. The number of hydrogen-bond acceptors (Lipinski definition) is 0. The van der Waals surface area contributed by atoms with Gasteiger partial charge >= 0.3 is 0 Å². The van der Waals surface area contributed by atoms with Crippen LogP contribution in [-0.2, 0) is 11.8 Å². The second-order valence-corrected chi connectivity index (χ2v) is 17.9. The van der Waals surface area contributed by atoms with Gasteiger partial charge in [-0.2, -0.15) is 0 Å². The first kappa shape index (κ1) is 40.1. The molecule has 4 aromatic rings. The summed E-state index contributed by atoms with van der Waals surface area (Å²) in [6.07, 6.45) is 18.8. The molecule has 5 heteroatoms. The van der Waals surface area contributed by atoms with Gasteiger partial charge in [0.05, 0.1) is 0 Å². The Morgan fingerprint density at radius 2 is 0.854 bits per heavy atom. The lowest BCUT2D eigenvalue weighted by atomic mass is 9.76. The van der Waals surface area contributed by atoms with Crippen molar-refractivity contribution >= 4 is 79.6 Å². The fourth-order valence-electron chi connectivity index (χ4n) is 7.11.